The highest BCUT2D eigenvalue weighted by Crippen LogP contribution is 2.45. The lowest BCUT2D eigenvalue weighted by Crippen LogP contribution is -2.34. The molecular weight excluding hydrogens is 334 g/mol. The monoisotopic (exact) mass is 357 g/mol. The van der Waals surface area contributed by atoms with Crippen molar-refractivity contribution in [1.82, 2.24) is 0 Å². The number of rotatable bonds is 5. The maximum Gasteiger partial charge on any atom is 0.324 e. The summed E-state index contributed by atoms with van der Waals surface area (Å²) in [5.74, 6) is -1.47. The van der Waals surface area contributed by atoms with Crippen molar-refractivity contribution >= 4 is 16.7 Å². The summed E-state index contributed by atoms with van der Waals surface area (Å²) in [6.07, 6.45) is 0. The maximum absolute atomic E-state index is 12.2. The lowest BCUT2D eigenvalue weighted by Gasteiger charge is -2.32. The van der Waals surface area contributed by atoms with Crippen LogP contribution in [0, 0.1) is 16.7 Å². The smallest absolute Gasteiger partial charge is 0.324 e. The molecule has 1 unspecified atom stereocenters. The van der Waals surface area contributed by atoms with Crippen LogP contribution < -0.4 is 0 Å². The van der Waals surface area contributed by atoms with E-state index in [1.165, 1.54) is 6.92 Å². The zero-order valence-electron chi connectivity index (χ0n) is 15.8. The molecule has 0 saturated heterocycles. The van der Waals surface area contributed by atoms with E-state index >= 15 is 0 Å². The molecule has 0 aromatic heterocycles. The average molecular weight is 357 g/mol. The van der Waals surface area contributed by atoms with Crippen LogP contribution in [0.3, 0.4) is 0 Å². The fourth-order valence-corrected chi connectivity index (χ4v) is 3.83. The first-order chi connectivity index (χ1) is 12.9. The first-order valence-electron chi connectivity index (χ1n) is 9.11. The van der Waals surface area contributed by atoms with E-state index in [0.717, 1.165) is 27.5 Å². The lowest BCUT2D eigenvalue weighted by molar-refractivity contribution is -0.145. The molecule has 3 aromatic carbocycles. The Labute approximate surface area is 159 Å². The molecule has 3 heteroatoms. The Hall–Kier alpha value is -3.12. The van der Waals surface area contributed by atoms with Crippen LogP contribution in [0.5, 0.6) is 0 Å². The van der Waals surface area contributed by atoms with E-state index in [9.17, 15) is 15.2 Å². The van der Waals surface area contributed by atoms with E-state index in [4.69, 9.17) is 0 Å². The van der Waals surface area contributed by atoms with Gasteiger partial charge in [0.2, 0.25) is 0 Å². The Balaban J connectivity index is 2.40. The molecule has 0 fully saturated rings. The van der Waals surface area contributed by atoms with Gasteiger partial charge in [0, 0.05) is 5.92 Å². The summed E-state index contributed by atoms with van der Waals surface area (Å²) in [6, 6.07) is 23.8. The zero-order valence-corrected chi connectivity index (χ0v) is 15.8. The number of carboxylic acids is 1. The van der Waals surface area contributed by atoms with Gasteiger partial charge in [0.25, 0.3) is 0 Å². The second-order valence-electron chi connectivity index (χ2n) is 7.40. The van der Waals surface area contributed by atoms with Gasteiger partial charge in [-0.3, -0.25) is 4.79 Å². The predicted molar refractivity (Wildman–Crippen MR) is 108 cm³/mol. The summed E-state index contributed by atoms with van der Waals surface area (Å²) in [7, 11) is 0. The summed E-state index contributed by atoms with van der Waals surface area (Å²) >= 11 is 0. The Morgan fingerprint density at radius 2 is 1.48 bits per heavy atom. The molecule has 1 N–H and O–H groups in total. The van der Waals surface area contributed by atoms with Gasteiger partial charge in [-0.25, -0.2) is 0 Å². The van der Waals surface area contributed by atoms with Gasteiger partial charge < -0.3 is 5.11 Å². The molecular formula is C24H23NO2. The third kappa shape index (κ3) is 3.19. The van der Waals surface area contributed by atoms with Crippen LogP contribution >= 0.6 is 0 Å². The summed E-state index contributed by atoms with van der Waals surface area (Å²) in [5, 5.41) is 21.9. The number of hydrogen-bond donors (Lipinski definition) is 1. The maximum atomic E-state index is 12.2. The molecule has 3 nitrogen and oxygen atoms in total. The molecule has 0 saturated carbocycles. The SMILES string of the molecule is CC(C)c1ccccc1C(c1cccc2ccccc12)[C@](C)(C#N)C(=O)O. The Morgan fingerprint density at radius 1 is 0.926 bits per heavy atom. The Morgan fingerprint density at radius 3 is 2.11 bits per heavy atom. The topological polar surface area (TPSA) is 61.1 Å². The fraction of sp³-hybridized carbons (Fsp3) is 0.250. The molecule has 0 amide bonds. The normalized spacial score (nSPS) is 14.5. The molecule has 0 bridgehead atoms. The lowest BCUT2D eigenvalue weighted by atomic mass is 9.68. The van der Waals surface area contributed by atoms with Gasteiger partial charge in [-0.15, -0.1) is 0 Å². The van der Waals surface area contributed by atoms with Crippen molar-refractivity contribution in [3.05, 3.63) is 83.4 Å². The standard InChI is InChI=1S/C24H23NO2/c1-16(2)18-11-6-7-13-20(18)22(24(3,15-25)23(26)27)21-14-8-10-17-9-4-5-12-19(17)21/h4-14,16,22H,1-3H3,(H,26,27)/t22?,24-/m0/s1. The number of benzene rings is 3. The predicted octanol–water partition coefficient (Wildman–Crippen LogP) is 5.71. The second kappa shape index (κ2) is 7.25. The van der Waals surface area contributed by atoms with Gasteiger partial charge >= 0.3 is 5.97 Å². The van der Waals surface area contributed by atoms with Crippen molar-refractivity contribution in [2.75, 3.05) is 0 Å². The van der Waals surface area contributed by atoms with E-state index < -0.39 is 17.3 Å². The molecule has 0 spiro atoms. The summed E-state index contributed by atoms with van der Waals surface area (Å²) in [4.78, 5) is 12.2. The van der Waals surface area contributed by atoms with E-state index in [1.807, 2.05) is 66.7 Å². The molecule has 2 atom stereocenters. The largest absolute Gasteiger partial charge is 0.480 e. The minimum Gasteiger partial charge on any atom is -0.480 e. The minimum absolute atomic E-state index is 0.218. The van der Waals surface area contributed by atoms with Crippen molar-refractivity contribution in [2.24, 2.45) is 5.41 Å². The van der Waals surface area contributed by atoms with Crippen LogP contribution in [0.15, 0.2) is 66.7 Å². The fourth-order valence-electron chi connectivity index (χ4n) is 3.83. The zero-order chi connectivity index (χ0) is 19.6. The van der Waals surface area contributed by atoms with Crippen molar-refractivity contribution in [2.45, 2.75) is 32.6 Å². The highest BCUT2D eigenvalue weighted by molar-refractivity contribution is 5.89. The second-order valence-corrected chi connectivity index (χ2v) is 7.40. The van der Waals surface area contributed by atoms with Gasteiger partial charge in [0.15, 0.2) is 5.41 Å². The molecule has 0 aliphatic heterocycles. The number of nitrogens with zero attached hydrogens (tertiary/aromatic N) is 1. The summed E-state index contributed by atoms with van der Waals surface area (Å²) in [5.41, 5.74) is 1.25. The molecule has 0 radical (unpaired) electrons. The molecule has 0 aliphatic carbocycles. The first kappa shape index (κ1) is 18.7. The highest BCUT2D eigenvalue weighted by Gasteiger charge is 2.45. The van der Waals surface area contributed by atoms with Crippen LogP contribution in [0.4, 0.5) is 0 Å². The molecule has 3 aromatic rings. The third-order valence-corrected chi connectivity index (χ3v) is 5.32. The third-order valence-electron chi connectivity index (χ3n) is 5.32. The molecule has 0 heterocycles. The number of carboxylic acid groups (broad SMARTS) is 1. The van der Waals surface area contributed by atoms with E-state index in [0.29, 0.717) is 0 Å². The number of hydrogen-bond acceptors (Lipinski definition) is 2. The van der Waals surface area contributed by atoms with Crippen molar-refractivity contribution < 1.29 is 9.90 Å². The Kier molecular flexibility index (Phi) is 5.01. The molecule has 136 valence electrons. The number of aliphatic carboxylic acids is 1. The summed E-state index contributed by atoms with van der Waals surface area (Å²) < 4.78 is 0. The van der Waals surface area contributed by atoms with Crippen LogP contribution in [0.2, 0.25) is 0 Å². The molecule has 27 heavy (non-hydrogen) atoms. The van der Waals surface area contributed by atoms with Gasteiger partial charge in [-0.1, -0.05) is 80.6 Å². The van der Waals surface area contributed by atoms with Crippen molar-refractivity contribution in [1.29, 1.82) is 5.26 Å². The Bertz CT molecular complexity index is 1030. The first-order valence-corrected chi connectivity index (χ1v) is 9.11. The molecule has 3 rings (SSSR count). The van der Waals surface area contributed by atoms with Crippen molar-refractivity contribution in [3.8, 4) is 6.07 Å². The quantitative estimate of drug-likeness (QED) is 0.636. The number of carbonyl (C=O) groups is 1. The van der Waals surface area contributed by atoms with Crippen LogP contribution in [-0.2, 0) is 4.79 Å². The van der Waals surface area contributed by atoms with Crippen LogP contribution in [0.1, 0.15) is 49.3 Å². The number of nitriles is 1. The minimum atomic E-state index is -1.59. The van der Waals surface area contributed by atoms with E-state index in [-0.39, 0.29) is 5.92 Å². The van der Waals surface area contributed by atoms with Crippen LogP contribution in [-0.4, -0.2) is 11.1 Å². The van der Waals surface area contributed by atoms with E-state index in [2.05, 4.69) is 19.9 Å². The van der Waals surface area contributed by atoms with Gasteiger partial charge in [0.1, 0.15) is 0 Å². The highest BCUT2D eigenvalue weighted by atomic mass is 16.4. The van der Waals surface area contributed by atoms with Gasteiger partial charge in [-0.2, -0.15) is 5.26 Å². The van der Waals surface area contributed by atoms with Gasteiger partial charge in [0.05, 0.1) is 6.07 Å². The van der Waals surface area contributed by atoms with Gasteiger partial charge in [-0.05, 0) is 40.3 Å². The van der Waals surface area contributed by atoms with Crippen LogP contribution in [0.25, 0.3) is 10.8 Å². The van der Waals surface area contributed by atoms with E-state index in [1.54, 1.807) is 0 Å². The molecule has 0 aliphatic rings. The summed E-state index contributed by atoms with van der Waals surface area (Å²) in [6.45, 7) is 5.70. The number of fused-ring (bicyclic) bond motifs is 1. The van der Waals surface area contributed by atoms with Crippen molar-refractivity contribution in [3.63, 3.8) is 0 Å². The average Bonchev–Trinajstić information content (AvgIpc) is 2.68.